The zero-order chi connectivity index (χ0) is 40.3. The minimum absolute atomic E-state index is 0.250. The van der Waals surface area contributed by atoms with Crippen LogP contribution in [0, 0.1) is 0 Å². The van der Waals surface area contributed by atoms with E-state index < -0.39 is 24.0 Å². The van der Waals surface area contributed by atoms with Crippen molar-refractivity contribution in [1.82, 2.24) is 9.47 Å². The van der Waals surface area contributed by atoms with Crippen molar-refractivity contribution in [3.8, 4) is 11.1 Å². The molecule has 1 saturated carbocycles. The van der Waals surface area contributed by atoms with Gasteiger partial charge in [0, 0.05) is 36.3 Å². The highest BCUT2D eigenvalue weighted by Crippen LogP contribution is 2.53. The molecule has 0 radical (unpaired) electrons. The number of anilines is 2. The van der Waals surface area contributed by atoms with Gasteiger partial charge in [0.1, 0.15) is 20.4 Å². The van der Waals surface area contributed by atoms with Gasteiger partial charge in [0.25, 0.3) is 11.5 Å². The second-order valence-corrected chi connectivity index (χ2v) is 18.7. The van der Waals surface area contributed by atoms with E-state index in [1.165, 1.54) is 43.8 Å². The molecule has 4 aromatic rings. The molecular weight excluding hydrogens is 787 g/mol. The fraction of sp³-hybridized carbons (Fsp3) is 0.413. The first-order chi connectivity index (χ1) is 28.2. The molecule has 0 bridgehead atoms. The number of rotatable bonds is 17. The quantitative estimate of drug-likeness (QED) is 0.0702. The van der Waals surface area contributed by atoms with Gasteiger partial charge in [-0.3, -0.25) is 28.6 Å². The zero-order valence-corrected chi connectivity index (χ0v) is 35.1. The highest BCUT2D eigenvalue weighted by atomic mass is 32.2. The number of aliphatic carboxylic acids is 2. The summed E-state index contributed by atoms with van der Waals surface area (Å²) in [6, 6.07) is 22.3. The highest BCUT2D eigenvalue weighted by molar-refractivity contribution is 8.30. The Bertz CT molecular complexity index is 2450. The Morgan fingerprint density at radius 2 is 1.53 bits per heavy atom. The van der Waals surface area contributed by atoms with Crippen LogP contribution in [0.25, 0.3) is 22.1 Å². The van der Waals surface area contributed by atoms with Crippen LogP contribution in [-0.4, -0.2) is 54.4 Å². The third kappa shape index (κ3) is 8.33. The predicted molar refractivity (Wildman–Crippen MR) is 236 cm³/mol. The van der Waals surface area contributed by atoms with Gasteiger partial charge in [-0.15, -0.1) is 11.3 Å². The summed E-state index contributed by atoms with van der Waals surface area (Å²) in [6.07, 6.45) is 16.6. The second-order valence-electron chi connectivity index (χ2n) is 16.0. The van der Waals surface area contributed by atoms with E-state index in [2.05, 4.69) is 59.5 Å². The van der Waals surface area contributed by atoms with Crippen LogP contribution >= 0.6 is 35.3 Å². The third-order valence-corrected chi connectivity index (χ3v) is 14.8. The normalized spacial score (nSPS) is 19.2. The maximum Gasteiger partial charge on any atom is 0.323 e. The lowest BCUT2D eigenvalue weighted by molar-refractivity contribution is -0.138. The van der Waals surface area contributed by atoms with Gasteiger partial charge < -0.3 is 15.1 Å². The van der Waals surface area contributed by atoms with E-state index in [0.29, 0.717) is 36.9 Å². The molecular formula is C46H49N3O6S3. The Morgan fingerprint density at radius 1 is 0.810 bits per heavy atom. The minimum Gasteiger partial charge on any atom is -0.481 e. The van der Waals surface area contributed by atoms with Crippen LogP contribution < -0.4 is 19.7 Å². The van der Waals surface area contributed by atoms with E-state index in [1.807, 2.05) is 12.1 Å². The van der Waals surface area contributed by atoms with Crippen LogP contribution in [0.2, 0.25) is 0 Å². The molecule has 0 spiro atoms. The molecule has 12 heteroatoms. The smallest absolute Gasteiger partial charge is 0.323 e. The number of thiocarbonyl (C=S) groups is 1. The van der Waals surface area contributed by atoms with Crippen LogP contribution in [0.5, 0.6) is 0 Å². The molecule has 2 aliphatic heterocycles. The summed E-state index contributed by atoms with van der Waals surface area (Å²) in [5.41, 5.74) is 9.54. The minimum atomic E-state index is -1.15. The van der Waals surface area contributed by atoms with E-state index in [1.54, 1.807) is 4.90 Å². The molecule has 2 fully saturated rings. The number of amides is 1. The van der Waals surface area contributed by atoms with E-state index in [9.17, 15) is 24.3 Å². The summed E-state index contributed by atoms with van der Waals surface area (Å²) in [6.45, 7) is -0.0572. The molecule has 4 aliphatic rings. The van der Waals surface area contributed by atoms with Crippen LogP contribution in [-0.2, 0) is 27.3 Å². The summed E-state index contributed by atoms with van der Waals surface area (Å²) in [5.74, 6) is -1.76. The Morgan fingerprint density at radius 3 is 2.29 bits per heavy atom. The number of unbranched alkanes of at least 4 members (excludes halogenated alkanes) is 9. The zero-order valence-electron chi connectivity index (χ0n) is 32.6. The molecule has 8 rings (SSSR count). The lowest BCUT2D eigenvalue weighted by atomic mass is 9.96. The number of thiazole rings is 1. The van der Waals surface area contributed by atoms with Crippen LogP contribution in [0.15, 0.2) is 65.5 Å². The number of thioether (sulfide) groups is 1. The molecule has 58 heavy (non-hydrogen) atoms. The van der Waals surface area contributed by atoms with E-state index in [4.69, 9.17) is 17.3 Å². The fourth-order valence-corrected chi connectivity index (χ4v) is 11.9. The molecule has 302 valence electrons. The number of nitrogens with zero attached hydrogens (tertiary/aromatic N) is 3. The summed E-state index contributed by atoms with van der Waals surface area (Å²) in [7, 11) is 0. The first-order valence-corrected chi connectivity index (χ1v) is 22.8. The molecule has 2 aliphatic carbocycles. The fourth-order valence-electron chi connectivity index (χ4n) is 9.38. The number of carbonyl (C=O) groups is 3. The summed E-state index contributed by atoms with van der Waals surface area (Å²) < 4.78 is 2.37. The molecule has 1 amide bonds. The predicted octanol–water partition coefficient (Wildman–Crippen LogP) is 8.53. The van der Waals surface area contributed by atoms with Gasteiger partial charge in [-0.1, -0.05) is 118 Å². The van der Waals surface area contributed by atoms with Gasteiger partial charge in [-0.25, -0.2) is 0 Å². The average molecular weight is 836 g/mol. The van der Waals surface area contributed by atoms with Crippen molar-refractivity contribution < 1.29 is 24.6 Å². The molecule has 3 heterocycles. The van der Waals surface area contributed by atoms with Crippen LogP contribution in [0.1, 0.15) is 118 Å². The van der Waals surface area contributed by atoms with E-state index in [-0.39, 0.29) is 12.3 Å². The summed E-state index contributed by atoms with van der Waals surface area (Å²) >= 11 is 7.94. The topological polar surface area (TPSA) is 120 Å². The van der Waals surface area contributed by atoms with E-state index in [0.717, 1.165) is 119 Å². The van der Waals surface area contributed by atoms with Crippen molar-refractivity contribution in [3.63, 3.8) is 0 Å². The number of hydrogen-bond donors (Lipinski definition) is 2. The van der Waals surface area contributed by atoms with Gasteiger partial charge in [0.05, 0.1) is 4.53 Å². The molecule has 3 aromatic carbocycles. The average Bonchev–Trinajstić information content (AvgIpc) is 4.01. The first-order valence-electron chi connectivity index (χ1n) is 20.8. The Kier molecular flexibility index (Phi) is 12.3. The number of hydrogen-bond acceptors (Lipinski definition) is 8. The standard InChI is InChI=1S/C46H49N3O6S3/c50-40(51)18-9-7-5-3-1-2-4-6-8-12-23-47-44(55)42(58-46(47)56)45-48(28-41(52)53)43(54)39(57-45)25-29-19-22-38-36(24-29)35-16-13-17-37(35)49(38)32-20-21-34-31(27-32)26-30-14-10-11-15-33(30)34/h10-11,14-15,19-22,24-25,27,35,37H,1-9,12-13,16-18,23,26,28H2,(H,50,51)(H,52,53)/b39-25-,45-42+. The Balaban J connectivity index is 0.972. The van der Waals surface area contributed by atoms with Gasteiger partial charge in [0.2, 0.25) is 0 Å². The van der Waals surface area contributed by atoms with Crippen molar-refractivity contribution >= 4 is 79.8 Å². The number of carboxylic acids is 2. The van der Waals surface area contributed by atoms with Crippen molar-refractivity contribution in [3.05, 3.63) is 102 Å². The summed E-state index contributed by atoms with van der Waals surface area (Å²) in [4.78, 5) is 54.7. The number of carboxylic acid groups (broad SMARTS) is 2. The highest BCUT2D eigenvalue weighted by Gasteiger charge is 2.42. The van der Waals surface area contributed by atoms with Crippen molar-refractivity contribution in [1.29, 1.82) is 0 Å². The van der Waals surface area contributed by atoms with Gasteiger partial charge in [-0.05, 0) is 95.8 Å². The molecule has 1 aromatic heterocycles. The monoisotopic (exact) mass is 835 g/mol. The maximum absolute atomic E-state index is 13.9. The van der Waals surface area contributed by atoms with Gasteiger partial charge in [-0.2, -0.15) is 0 Å². The lowest BCUT2D eigenvalue weighted by Gasteiger charge is -2.27. The van der Waals surface area contributed by atoms with Crippen molar-refractivity contribution in [2.24, 2.45) is 0 Å². The third-order valence-electron chi connectivity index (χ3n) is 12.1. The van der Waals surface area contributed by atoms with Gasteiger partial charge in [0.15, 0.2) is 0 Å². The molecule has 2 atom stereocenters. The SMILES string of the molecule is O=C(O)CCCCCCCCCCCCN1C(=O)/C(=c2\s/c(=C\c3ccc4c(c3)C3CCCC3N4c3ccc4c(c3)Cc3ccccc3-4)c(=O)n2CC(=O)O)SC1=S. The first kappa shape index (κ1) is 40.3. The molecule has 2 unspecified atom stereocenters. The molecule has 9 nitrogen and oxygen atoms in total. The Labute approximate surface area is 352 Å². The molecule has 2 N–H and O–H groups in total. The maximum atomic E-state index is 13.9. The largest absolute Gasteiger partial charge is 0.481 e. The number of carbonyl (C=O) groups excluding carboxylic acids is 1. The van der Waals surface area contributed by atoms with Crippen LogP contribution in [0.3, 0.4) is 0 Å². The van der Waals surface area contributed by atoms with Crippen LogP contribution in [0.4, 0.5) is 11.4 Å². The molecule has 1 saturated heterocycles. The lowest BCUT2D eigenvalue weighted by Crippen LogP contribution is -2.35. The van der Waals surface area contributed by atoms with E-state index >= 15 is 0 Å². The van der Waals surface area contributed by atoms with Crippen molar-refractivity contribution in [2.75, 3.05) is 11.4 Å². The van der Waals surface area contributed by atoms with Gasteiger partial charge >= 0.3 is 11.9 Å². The Hall–Kier alpha value is -4.52. The number of fused-ring (bicyclic) bond motifs is 6. The van der Waals surface area contributed by atoms with Crippen molar-refractivity contribution in [2.45, 2.75) is 115 Å². The number of benzene rings is 3. The second kappa shape index (κ2) is 17.8. The summed E-state index contributed by atoms with van der Waals surface area (Å²) in [5, 5.41) is 18.6. The number of aromatic nitrogens is 1.